The molecule has 6 heteroatoms. The van der Waals surface area contributed by atoms with Crippen molar-refractivity contribution in [3.63, 3.8) is 0 Å². The molecule has 4 rings (SSSR count). The average molecular weight is 460 g/mol. The maximum Gasteiger partial charge on any atom is 0.261 e. The molecule has 1 aromatic heterocycles. The van der Waals surface area contributed by atoms with Crippen LogP contribution in [-0.4, -0.2) is 15.5 Å². The van der Waals surface area contributed by atoms with Crippen LogP contribution >= 0.6 is 11.6 Å². The van der Waals surface area contributed by atoms with E-state index in [1.807, 2.05) is 43.3 Å². The second kappa shape index (κ2) is 8.83. The lowest BCUT2D eigenvalue weighted by atomic mass is 9.87. The molecule has 0 bridgehead atoms. The minimum Gasteiger partial charge on any atom is -0.322 e. The Morgan fingerprint density at radius 2 is 1.67 bits per heavy atom. The fraction of sp³-hybridized carbons (Fsp3) is 0.222. The Bertz CT molecular complexity index is 1380. The molecule has 0 atom stereocenters. The second-order valence-corrected chi connectivity index (χ2v) is 9.63. The van der Waals surface area contributed by atoms with E-state index in [1.165, 1.54) is 0 Å². The second-order valence-electron chi connectivity index (χ2n) is 9.19. The van der Waals surface area contributed by atoms with Crippen molar-refractivity contribution in [2.24, 2.45) is 0 Å². The Morgan fingerprint density at radius 1 is 1.00 bits per heavy atom. The molecule has 4 aromatic rings. The highest BCUT2D eigenvalue weighted by atomic mass is 35.5. The first-order chi connectivity index (χ1) is 15.6. The van der Waals surface area contributed by atoms with Gasteiger partial charge in [-0.15, -0.1) is 0 Å². The van der Waals surface area contributed by atoms with Crippen LogP contribution in [0, 0.1) is 6.92 Å². The molecule has 1 amide bonds. The van der Waals surface area contributed by atoms with E-state index < -0.39 is 0 Å². The van der Waals surface area contributed by atoms with Gasteiger partial charge in [-0.05, 0) is 65.9 Å². The van der Waals surface area contributed by atoms with Crippen molar-refractivity contribution in [3.8, 4) is 0 Å². The van der Waals surface area contributed by atoms with E-state index >= 15 is 0 Å². The number of benzene rings is 3. The van der Waals surface area contributed by atoms with Gasteiger partial charge in [0.1, 0.15) is 5.82 Å². The Labute approximate surface area is 198 Å². The van der Waals surface area contributed by atoms with Gasteiger partial charge in [0.25, 0.3) is 11.5 Å². The third-order valence-electron chi connectivity index (χ3n) is 5.67. The quantitative estimate of drug-likeness (QED) is 0.409. The van der Waals surface area contributed by atoms with Gasteiger partial charge < -0.3 is 5.32 Å². The number of halogens is 1. The highest BCUT2D eigenvalue weighted by molar-refractivity contribution is 6.30. The largest absolute Gasteiger partial charge is 0.322 e. The monoisotopic (exact) mass is 459 g/mol. The van der Waals surface area contributed by atoms with Crippen LogP contribution in [0.2, 0.25) is 5.02 Å². The Hall–Kier alpha value is -3.44. The minimum absolute atomic E-state index is 0.0182. The van der Waals surface area contributed by atoms with Crippen molar-refractivity contribution in [2.75, 3.05) is 5.32 Å². The summed E-state index contributed by atoms with van der Waals surface area (Å²) < 4.78 is 1.63. The maximum atomic E-state index is 13.2. The summed E-state index contributed by atoms with van der Waals surface area (Å²) in [5.74, 6) is 0.398. The number of fused-ring (bicyclic) bond motifs is 1. The van der Waals surface area contributed by atoms with Crippen LogP contribution in [0.1, 0.15) is 48.1 Å². The Balaban J connectivity index is 1.62. The molecule has 0 unspecified atom stereocenters. The molecule has 0 saturated carbocycles. The van der Waals surface area contributed by atoms with Gasteiger partial charge in [-0.2, -0.15) is 0 Å². The lowest BCUT2D eigenvalue weighted by Crippen LogP contribution is -2.24. The third-order valence-corrected chi connectivity index (χ3v) is 5.92. The maximum absolute atomic E-state index is 13.2. The predicted octanol–water partition coefficient (Wildman–Crippen LogP) is 5.96. The van der Waals surface area contributed by atoms with E-state index in [4.69, 9.17) is 11.6 Å². The Kier molecular flexibility index (Phi) is 6.09. The van der Waals surface area contributed by atoms with E-state index in [-0.39, 0.29) is 16.9 Å². The molecular weight excluding hydrogens is 434 g/mol. The van der Waals surface area contributed by atoms with Crippen molar-refractivity contribution in [3.05, 3.63) is 105 Å². The standard InChI is InChI=1S/C27H26ClN3O2/c1-17-29-24-14-13-22(30-25(32)19-7-9-20(10-8-19)27(2,3)4)15-23(24)26(33)31(17)16-18-5-11-21(28)12-6-18/h5-15H,16H2,1-4H3,(H,30,32). The summed E-state index contributed by atoms with van der Waals surface area (Å²) in [6.45, 7) is 8.60. The number of hydrogen-bond donors (Lipinski definition) is 1. The molecule has 33 heavy (non-hydrogen) atoms. The zero-order chi connectivity index (χ0) is 23.8. The number of nitrogens with one attached hydrogen (secondary N) is 1. The van der Waals surface area contributed by atoms with Crippen molar-refractivity contribution in [2.45, 2.75) is 39.7 Å². The first kappa shape index (κ1) is 22.7. The van der Waals surface area contributed by atoms with Gasteiger partial charge in [0, 0.05) is 16.3 Å². The smallest absolute Gasteiger partial charge is 0.261 e. The number of rotatable bonds is 4. The first-order valence-electron chi connectivity index (χ1n) is 10.8. The predicted molar refractivity (Wildman–Crippen MR) is 134 cm³/mol. The number of anilines is 1. The molecule has 3 aromatic carbocycles. The van der Waals surface area contributed by atoms with Crippen molar-refractivity contribution in [1.29, 1.82) is 0 Å². The molecule has 5 nitrogen and oxygen atoms in total. The molecule has 0 spiro atoms. The average Bonchev–Trinajstić information content (AvgIpc) is 2.78. The fourth-order valence-corrected chi connectivity index (χ4v) is 3.82. The number of nitrogens with zero attached hydrogens (tertiary/aromatic N) is 2. The third kappa shape index (κ3) is 4.99. The molecule has 0 fully saturated rings. The summed E-state index contributed by atoms with van der Waals surface area (Å²) in [6, 6.07) is 20.2. The summed E-state index contributed by atoms with van der Waals surface area (Å²) in [7, 11) is 0. The molecule has 0 saturated heterocycles. The molecule has 1 N–H and O–H groups in total. The first-order valence-corrected chi connectivity index (χ1v) is 11.2. The van der Waals surface area contributed by atoms with Crippen LogP contribution in [0.4, 0.5) is 5.69 Å². The van der Waals surface area contributed by atoms with Gasteiger partial charge in [0.2, 0.25) is 0 Å². The number of aryl methyl sites for hydroxylation is 1. The molecule has 0 aliphatic carbocycles. The van der Waals surface area contributed by atoms with Gasteiger partial charge in [-0.25, -0.2) is 4.98 Å². The van der Waals surface area contributed by atoms with Crippen LogP contribution < -0.4 is 10.9 Å². The van der Waals surface area contributed by atoms with Crippen molar-refractivity contribution < 1.29 is 4.79 Å². The van der Waals surface area contributed by atoms with Crippen molar-refractivity contribution >= 4 is 34.1 Å². The summed E-state index contributed by atoms with van der Waals surface area (Å²) in [4.78, 5) is 30.6. The van der Waals surface area contributed by atoms with E-state index in [0.717, 1.165) is 11.1 Å². The normalized spacial score (nSPS) is 11.5. The van der Waals surface area contributed by atoms with Gasteiger partial charge in [0.15, 0.2) is 0 Å². The van der Waals surface area contributed by atoms with Gasteiger partial charge in [-0.1, -0.05) is 56.6 Å². The van der Waals surface area contributed by atoms with E-state index in [2.05, 4.69) is 31.1 Å². The van der Waals surface area contributed by atoms with Gasteiger partial charge in [0.05, 0.1) is 17.4 Å². The number of amides is 1. The van der Waals surface area contributed by atoms with Crippen LogP contribution in [0.25, 0.3) is 10.9 Å². The van der Waals surface area contributed by atoms with Crippen LogP contribution in [0.3, 0.4) is 0 Å². The van der Waals surface area contributed by atoms with E-state index in [0.29, 0.717) is 39.5 Å². The van der Waals surface area contributed by atoms with Crippen LogP contribution in [-0.2, 0) is 12.0 Å². The fourth-order valence-electron chi connectivity index (χ4n) is 3.69. The zero-order valence-electron chi connectivity index (χ0n) is 19.1. The van der Waals surface area contributed by atoms with Crippen LogP contribution in [0.5, 0.6) is 0 Å². The lowest BCUT2D eigenvalue weighted by molar-refractivity contribution is 0.102. The van der Waals surface area contributed by atoms with Gasteiger partial charge in [-0.3, -0.25) is 14.2 Å². The lowest BCUT2D eigenvalue weighted by Gasteiger charge is -2.19. The SMILES string of the molecule is Cc1nc2ccc(NC(=O)c3ccc(C(C)(C)C)cc3)cc2c(=O)n1Cc1ccc(Cl)cc1. The summed E-state index contributed by atoms with van der Waals surface area (Å²) in [5, 5.41) is 4.00. The molecule has 168 valence electrons. The summed E-state index contributed by atoms with van der Waals surface area (Å²) in [5.41, 5.74) is 3.68. The van der Waals surface area contributed by atoms with E-state index in [1.54, 1.807) is 34.9 Å². The highest BCUT2D eigenvalue weighted by Crippen LogP contribution is 2.23. The summed E-state index contributed by atoms with van der Waals surface area (Å²) in [6.07, 6.45) is 0. The number of hydrogen-bond acceptors (Lipinski definition) is 3. The molecular formula is C27H26ClN3O2. The zero-order valence-corrected chi connectivity index (χ0v) is 19.9. The topological polar surface area (TPSA) is 64.0 Å². The number of carbonyl (C=O) groups is 1. The molecule has 1 heterocycles. The molecule has 0 aliphatic heterocycles. The number of carbonyl (C=O) groups excluding carboxylic acids is 1. The highest BCUT2D eigenvalue weighted by Gasteiger charge is 2.15. The van der Waals surface area contributed by atoms with Gasteiger partial charge >= 0.3 is 0 Å². The van der Waals surface area contributed by atoms with Crippen molar-refractivity contribution in [1.82, 2.24) is 9.55 Å². The Morgan fingerprint density at radius 3 is 2.30 bits per heavy atom. The molecule has 0 radical (unpaired) electrons. The van der Waals surface area contributed by atoms with E-state index in [9.17, 15) is 9.59 Å². The van der Waals surface area contributed by atoms with Crippen LogP contribution in [0.15, 0.2) is 71.5 Å². The molecule has 0 aliphatic rings. The number of aromatic nitrogens is 2. The summed E-state index contributed by atoms with van der Waals surface area (Å²) >= 11 is 5.97. The minimum atomic E-state index is -0.226.